The summed E-state index contributed by atoms with van der Waals surface area (Å²) in [6, 6.07) is 9.61. The lowest BCUT2D eigenvalue weighted by molar-refractivity contribution is 0.253. The maximum Gasteiger partial charge on any atom is 0.0482 e. The van der Waals surface area contributed by atoms with Gasteiger partial charge in [0.05, 0.1) is 0 Å². The van der Waals surface area contributed by atoms with Gasteiger partial charge in [-0.05, 0) is 54.9 Å². The fraction of sp³-hybridized carbons (Fsp3) is 0.312. The van der Waals surface area contributed by atoms with E-state index in [1.54, 1.807) is 6.07 Å². The van der Waals surface area contributed by atoms with Gasteiger partial charge in [-0.15, -0.1) is 0 Å². The van der Waals surface area contributed by atoms with Crippen LogP contribution in [-0.4, -0.2) is 30.0 Å². The van der Waals surface area contributed by atoms with Crippen LogP contribution in [0, 0.1) is 0 Å². The van der Waals surface area contributed by atoms with Gasteiger partial charge < -0.3 is 5.73 Å². The molecule has 0 radical (unpaired) electrons. The van der Waals surface area contributed by atoms with Crippen LogP contribution >= 0.6 is 23.2 Å². The molecule has 5 heteroatoms. The van der Waals surface area contributed by atoms with E-state index in [1.807, 2.05) is 36.7 Å². The number of benzene rings is 1. The van der Waals surface area contributed by atoms with Crippen molar-refractivity contribution in [2.45, 2.75) is 12.5 Å². The van der Waals surface area contributed by atoms with E-state index >= 15 is 0 Å². The average molecular weight is 324 g/mol. The van der Waals surface area contributed by atoms with Crippen LogP contribution in [0.4, 0.5) is 0 Å². The first-order valence-electron chi connectivity index (χ1n) is 6.86. The number of nitrogens with zero attached hydrogens (tertiary/aromatic N) is 2. The molecule has 112 valence electrons. The zero-order chi connectivity index (χ0) is 15.2. The molecule has 21 heavy (non-hydrogen) atoms. The van der Waals surface area contributed by atoms with E-state index in [1.165, 1.54) is 5.56 Å². The molecule has 1 atom stereocenters. The number of hydrogen-bond acceptors (Lipinski definition) is 3. The first-order valence-corrected chi connectivity index (χ1v) is 7.61. The zero-order valence-corrected chi connectivity index (χ0v) is 13.5. The Balaban J connectivity index is 2.08. The number of rotatable bonds is 6. The van der Waals surface area contributed by atoms with Crippen LogP contribution in [0.1, 0.15) is 17.2 Å². The Morgan fingerprint density at radius 3 is 2.57 bits per heavy atom. The van der Waals surface area contributed by atoms with Gasteiger partial charge in [0.1, 0.15) is 0 Å². The van der Waals surface area contributed by atoms with Gasteiger partial charge in [-0.1, -0.05) is 23.2 Å². The number of likely N-dealkylation sites (N-methyl/N-ethyl adjacent to an activating group) is 1. The van der Waals surface area contributed by atoms with Crippen LogP contribution in [0.25, 0.3) is 0 Å². The number of pyridine rings is 1. The number of hydrogen-bond donors (Lipinski definition) is 1. The fourth-order valence-corrected chi connectivity index (χ4v) is 2.75. The van der Waals surface area contributed by atoms with Gasteiger partial charge in [0, 0.05) is 41.6 Å². The molecule has 0 saturated carbocycles. The van der Waals surface area contributed by atoms with Crippen LogP contribution in [0.2, 0.25) is 10.0 Å². The molecule has 0 amide bonds. The lowest BCUT2D eigenvalue weighted by Gasteiger charge is -2.28. The highest BCUT2D eigenvalue weighted by atomic mass is 35.5. The van der Waals surface area contributed by atoms with Crippen molar-refractivity contribution in [1.29, 1.82) is 0 Å². The molecule has 3 nitrogen and oxygen atoms in total. The summed E-state index contributed by atoms with van der Waals surface area (Å²) in [5, 5.41) is 1.38. The van der Waals surface area contributed by atoms with Crippen molar-refractivity contribution in [3.05, 3.63) is 63.9 Å². The zero-order valence-electron chi connectivity index (χ0n) is 12.0. The van der Waals surface area contributed by atoms with Crippen LogP contribution in [0.3, 0.4) is 0 Å². The molecule has 2 aromatic rings. The van der Waals surface area contributed by atoms with Crippen LogP contribution in [0.5, 0.6) is 0 Å². The second kappa shape index (κ2) is 7.76. The molecule has 0 bridgehead atoms. The summed E-state index contributed by atoms with van der Waals surface area (Å²) in [5.41, 5.74) is 8.17. The lowest BCUT2D eigenvalue weighted by atomic mass is 10.0. The SMILES string of the molecule is CN(CCc1ccncc1)C(CN)c1cc(Cl)ccc1Cl. The van der Waals surface area contributed by atoms with Crippen molar-refractivity contribution in [3.8, 4) is 0 Å². The molecule has 1 aromatic heterocycles. The Kier molecular flexibility index (Phi) is 6.00. The predicted octanol–water partition coefficient (Wildman–Crippen LogP) is 3.56. The molecule has 0 fully saturated rings. The van der Waals surface area contributed by atoms with Gasteiger partial charge in [0.2, 0.25) is 0 Å². The average Bonchev–Trinajstić information content (AvgIpc) is 2.50. The molecular weight excluding hydrogens is 305 g/mol. The van der Waals surface area contributed by atoms with Crippen molar-refractivity contribution >= 4 is 23.2 Å². The predicted molar refractivity (Wildman–Crippen MR) is 88.8 cm³/mol. The summed E-state index contributed by atoms with van der Waals surface area (Å²) >= 11 is 12.4. The smallest absolute Gasteiger partial charge is 0.0482 e. The molecule has 0 aliphatic rings. The summed E-state index contributed by atoms with van der Waals surface area (Å²) in [6.45, 7) is 1.38. The minimum absolute atomic E-state index is 0.0537. The number of aromatic nitrogens is 1. The third-order valence-corrected chi connectivity index (χ3v) is 4.15. The van der Waals surface area contributed by atoms with Crippen molar-refractivity contribution in [3.63, 3.8) is 0 Å². The molecule has 1 unspecified atom stereocenters. The Morgan fingerprint density at radius 1 is 1.19 bits per heavy atom. The Hall–Kier alpha value is -1.13. The normalized spacial score (nSPS) is 12.6. The summed E-state index contributed by atoms with van der Waals surface area (Å²) in [5.74, 6) is 0. The molecule has 1 heterocycles. The maximum atomic E-state index is 6.28. The van der Waals surface area contributed by atoms with Gasteiger partial charge >= 0.3 is 0 Å². The highest BCUT2D eigenvalue weighted by Crippen LogP contribution is 2.29. The van der Waals surface area contributed by atoms with Gasteiger partial charge in [0.25, 0.3) is 0 Å². The second-order valence-electron chi connectivity index (χ2n) is 5.00. The summed E-state index contributed by atoms with van der Waals surface area (Å²) in [6.07, 6.45) is 4.56. The molecule has 0 spiro atoms. The van der Waals surface area contributed by atoms with E-state index in [9.17, 15) is 0 Å². The fourth-order valence-electron chi connectivity index (χ4n) is 2.33. The summed E-state index contributed by atoms with van der Waals surface area (Å²) < 4.78 is 0. The molecule has 0 aliphatic heterocycles. The van der Waals surface area contributed by atoms with E-state index in [0.29, 0.717) is 16.6 Å². The lowest BCUT2D eigenvalue weighted by Crippen LogP contribution is -2.32. The minimum atomic E-state index is 0.0537. The Labute approximate surface area is 135 Å². The van der Waals surface area contributed by atoms with E-state index in [0.717, 1.165) is 18.5 Å². The maximum absolute atomic E-state index is 6.28. The molecule has 2 N–H and O–H groups in total. The van der Waals surface area contributed by atoms with Crippen LogP contribution < -0.4 is 5.73 Å². The molecule has 0 aliphatic carbocycles. The van der Waals surface area contributed by atoms with Crippen molar-refractivity contribution in [2.24, 2.45) is 5.73 Å². The Morgan fingerprint density at radius 2 is 1.90 bits per heavy atom. The molecular formula is C16H19Cl2N3. The second-order valence-corrected chi connectivity index (χ2v) is 5.85. The van der Waals surface area contributed by atoms with Gasteiger partial charge in [-0.2, -0.15) is 0 Å². The van der Waals surface area contributed by atoms with Crippen molar-refractivity contribution in [1.82, 2.24) is 9.88 Å². The molecule has 2 rings (SSSR count). The van der Waals surface area contributed by atoms with Crippen LogP contribution in [-0.2, 0) is 6.42 Å². The summed E-state index contributed by atoms with van der Waals surface area (Å²) in [4.78, 5) is 6.23. The highest BCUT2D eigenvalue weighted by molar-refractivity contribution is 6.33. The monoisotopic (exact) mass is 323 g/mol. The van der Waals surface area contributed by atoms with Crippen LogP contribution in [0.15, 0.2) is 42.7 Å². The van der Waals surface area contributed by atoms with Crippen molar-refractivity contribution < 1.29 is 0 Å². The minimum Gasteiger partial charge on any atom is -0.329 e. The first-order chi connectivity index (χ1) is 10.1. The highest BCUT2D eigenvalue weighted by Gasteiger charge is 2.18. The quantitative estimate of drug-likeness (QED) is 0.883. The third kappa shape index (κ3) is 4.42. The van der Waals surface area contributed by atoms with Gasteiger partial charge in [-0.25, -0.2) is 0 Å². The van der Waals surface area contributed by atoms with Gasteiger partial charge in [-0.3, -0.25) is 9.88 Å². The standard InChI is InChI=1S/C16H19Cl2N3/c1-21(9-6-12-4-7-20-8-5-12)16(11-19)14-10-13(17)2-3-15(14)18/h2-5,7-8,10,16H,6,9,11,19H2,1H3. The largest absolute Gasteiger partial charge is 0.329 e. The summed E-state index contributed by atoms with van der Waals surface area (Å²) in [7, 11) is 2.05. The topological polar surface area (TPSA) is 42.2 Å². The third-order valence-electron chi connectivity index (χ3n) is 3.57. The van der Waals surface area contributed by atoms with Crippen molar-refractivity contribution in [2.75, 3.05) is 20.1 Å². The first kappa shape index (κ1) is 16.2. The molecule has 1 aromatic carbocycles. The van der Waals surface area contributed by atoms with E-state index in [4.69, 9.17) is 28.9 Å². The van der Waals surface area contributed by atoms with E-state index < -0.39 is 0 Å². The van der Waals surface area contributed by atoms with Gasteiger partial charge in [0.15, 0.2) is 0 Å². The van der Waals surface area contributed by atoms with E-state index in [-0.39, 0.29) is 6.04 Å². The number of halogens is 2. The number of nitrogens with two attached hydrogens (primary N) is 1. The van der Waals surface area contributed by atoms with E-state index in [2.05, 4.69) is 16.9 Å². The Bertz CT molecular complexity index is 575. The molecule has 0 saturated heterocycles.